The molecule has 0 saturated heterocycles. The van der Waals surface area contributed by atoms with Crippen LogP contribution in [0.25, 0.3) is 0 Å². The number of nitrogens with one attached hydrogen (secondary N) is 1. The monoisotopic (exact) mass is 446 g/mol. The predicted molar refractivity (Wildman–Crippen MR) is 92.0 cm³/mol. The highest BCUT2D eigenvalue weighted by atomic mass is 127. The minimum Gasteiger partial charge on any atom is -0.378 e. The van der Waals surface area contributed by atoms with Crippen molar-refractivity contribution in [3.05, 3.63) is 66.2 Å². The number of benzene rings is 2. The lowest BCUT2D eigenvalue weighted by atomic mass is 10.1. The fourth-order valence-corrected chi connectivity index (χ4v) is 2.64. The molecule has 1 atom stereocenters. The van der Waals surface area contributed by atoms with Crippen molar-refractivity contribution in [2.24, 2.45) is 0 Å². The summed E-state index contributed by atoms with van der Waals surface area (Å²) in [5, 5.41) is 14.0. The van der Waals surface area contributed by atoms with Gasteiger partial charge in [-0.15, -0.1) is 0 Å². The SMILES string of the molecule is CC(Nc1ccc([N+](=O)[O-])cc1Br)c1ccc(I)cc1. The third-order valence-electron chi connectivity index (χ3n) is 2.91. The van der Waals surface area contributed by atoms with E-state index in [9.17, 15) is 10.1 Å². The Morgan fingerprint density at radius 1 is 1.25 bits per heavy atom. The molecule has 0 saturated carbocycles. The van der Waals surface area contributed by atoms with Crippen molar-refractivity contribution < 1.29 is 4.92 Å². The van der Waals surface area contributed by atoms with Crippen molar-refractivity contribution in [3.63, 3.8) is 0 Å². The first-order chi connectivity index (χ1) is 9.47. The summed E-state index contributed by atoms with van der Waals surface area (Å²) in [5.74, 6) is 0. The molecule has 104 valence electrons. The third kappa shape index (κ3) is 3.69. The lowest BCUT2D eigenvalue weighted by Crippen LogP contribution is -2.07. The molecule has 0 heterocycles. The summed E-state index contributed by atoms with van der Waals surface area (Å²) >= 11 is 5.63. The Balaban J connectivity index is 2.17. The lowest BCUT2D eigenvalue weighted by Gasteiger charge is -2.17. The number of nitro benzene ring substituents is 1. The van der Waals surface area contributed by atoms with E-state index in [0.29, 0.717) is 4.47 Å². The molecule has 0 spiro atoms. The first-order valence-electron chi connectivity index (χ1n) is 5.93. The largest absolute Gasteiger partial charge is 0.378 e. The molecular formula is C14H12BrIN2O2. The first-order valence-corrected chi connectivity index (χ1v) is 7.80. The Morgan fingerprint density at radius 2 is 1.90 bits per heavy atom. The molecule has 0 aliphatic carbocycles. The van der Waals surface area contributed by atoms with Gasteiger partial charge in [0.2, 0.25) is 0 Å². The highest BCUT2D eigenvalue weighted by molar-refractivity contribution is 14.1. The van der Waals surface area contributed by atoms with Gasteiger partial charge in [0.15, 0.2) is 0 Å². The van der Waals surface area contributed by atoms with E-state index in [2.05, 4.69) is 75.0 Å². The van der Waals surface area contributed by atoms with E-state index in [1.54, 1.807) is 6.07 Å². The summed E-state index contributed by atoms with van der Waals surface area (Å²) in [4.78, 5) is 10.3. The van der Waals surface area contributed by atoms with Crippen molar-refractivity contribution in [2.75, 3.05) is 5.32 Å². The van der Waals surface area contributed by atoms with Crippen molar-refractivity contribution in [2.45, 2.75) is 13.0 Å². The first kappa shape index (κ1) is 15.2. The van der Waals surface area contributed by atoms with E-state index < -0.39 is 4.92 Å². The molecule has 4 nitrogen and oxygen atoms in total. The third-order valence-corrected chi connectivity index (χ3v) is 4.28. The van der Waals surface area contributed by atoms with Crippen LogP contribution in [0.1, 0.15) is 18.5 Å². The van der Waals surface area contributed by atoms with E-state index >= 15 is 0 Å². The highest BCUT2D eigenvalue weighted by Gasteiger charge is 2.11. The van der Waals surface area contributed by atoms with Crippen LogP contribution in [0.15, 0.2) is 46.9 Å². The molecule has 0 aromatic heterocycles. The Hall–Kier alpha value is -1.15. The van der Waals surface area contributed by atoms with Gasteiger partial charge < -0.3 is 5.32 Å². The van der Waals surface area contributed by atoms with Crippen LogP contribution in [-0.4, -0.2) is 4.92 Å². The quantitative estimate of drug-likeness (QED) is 0.402. The smallest absolute Gasteiger partial charge is 0.270 e. The molecular weight excluding hydrogens is 435 g/mol. The minimum atomic E-state index is -0.406. The zero-order valence-corrected chi connectivity index (χ0v) is 14.4. The molecule has 0 amide bonds. The second kappa shape index (κ2) is 6.53. The number of hydrogen-bond donors (Lipinski definition) is 1. The number of rotatable bonds is 4. The maximum absolute atomic E-state index is 10.7. The van der Waals surface area contributed by atoms with Gasteiger partial charge in [-0.1, -0.05) is 12.1 Å². The van der Waals surface area contributed by atoms with Crippen LogP contribution in [0.2, 0.25) is 0 Å². The fraction of sp³-hybridized carbons (Fsp3) is 0.143. The van der Waals surface area contributed by atoms with Crippen LogP contribution in [0.5, 0.6) is 0 Å². The average Bonchev–Trinajstić information content (AvgIpc) is 2.41. The topological polar surface area (TPSA) is 55.2 Å². The van der Waals surface area contributed by atoms with Crippen LogP contribution in [0.3, 0.4) is 0 Å². The normalized spacial score (nSPS) is 11.9. The van der Waals surface area contributed by atoms with Gasteiger partial charge in [-0.2, -0.15) is 0 Å². The molecule has 1 unspecified atom stereocenters. The molecule has 20 heavy (non-hydrogen) atoms. The molecule has 0 bridgehead atoms. The molecule has 1 N–H and O–H groups in total. The van der Waals surface area contributed by atoms with E-state index in [1.165, 1.54) is 15.7 Å². The maximum Gasteiger partial charge on any atom is 0.270 e. The van der Waals surface area contributed by atoms with Crippen molar-refractivity contribution in [1.29, 1.82) is 0 Å². The average molecular weight is 447 g/mol. The molecule has 0 radical (unpaired) electrons. The fourth-order valence-electron chi connectivity index (χ4n) is 1.80. The van der Waals surface area contributed by atoms with Crippen LogP contribution < -0.4 is 5.32 Å². The number of anilines is 1. The summed E-state index contributed by atoms with van der Waals surface area (Å²) in [5.41, 5.74) is 2.07. The number of non-ortho nitro benzene ring substituents is 1. The zero-order chi connectivity index (χ0) is 14.7. The van der Waals surface area contributed by atoms with Crippen LogP contribution >= 0.6 is 38.5 Å². The number of hydrogen-bond acceptors (Lipinski definition) is 3. The molecule has 0 aliphatic rings. The summed E-state index contributed by atoms with van der Waals surface area (Å²) in [6.45, 7) is 2.05. The second-order valence-electron chi connectivity index (χ2n) is 4.34. The summed E-state index contributed by atoms with van der Waals surface area (Å²) in [6, 6.07) is 13.1. The zero-order valence-electron chi connectivity index (χ0n) is 10.6. The number of halogens is 2. The molecule has 6 heteroatoms. The Kier molecular flexibility index (Phi) is 4.98. The van der Waals surface area contributed by atoms with Crippen LogP contribution in [-0.2, 0) is 0 Å². The number of nitrogens with zero attached hydrogens (tertiary/aromatic N) is 1. The van der Waals surface area contributed by atoms with E-state index in [4.69, 9.17) is 0 Å². The van der Waals surface area contributed by atoms with Crippen molar-refractivity contribution in [3.8, 4) is 0 Å². The molecule has 2 aromatic carbocycles. The van der Waals surface area contributed by atoms with Crippen molar-refractivity contribution >= 4 is 49.9 Å². The van der Waals surface area contributed by atoms with E-state index in [1.807, 2.05) is 0 Å². The van der Waals surface area contributed by atoms with Gasteiger partial charge in [0.1, 0.15) is 0 Å². The van der Waals surface area contributed by atoms with Crippen LogP contribution in [0, 0.1) is 13.7 Å². The lowest BCUT2D eigenvalue weighted by molar-refractivity contribution is -0.384. The van der Waals surface area contributed by atoms with Crippen LogP contribution in [0.4, 0.5) is 11.4 Å². The molecule has 0 fully saturated rings. The van der Waals surface area contributed by atoms with Gasteiger partial charge in [-0.3, -0.25) is 10.1 Å². The van der Waals surface area contributed by atoms with Gasteiger partial charge in [-0.25, -0.2) is 0 Å². The van der Waals surface area contributed by atoms with Gasteiger partial charge in [0, 0.05) is 31.9 Å². The number of nitro groups is 1. The summed E-state index contributed by atoms with van der Waals surface area (Å²) in [6.07, 6.45) is 0. The molecule has 2 aromatic rings. The molecule has 2 rings (SSSR count). The standard InChI is InChI=1S/C14H12BrIN2O2/c1-9(10-2-4-11(16)5-3-10)17-14-7-6-12(18(19)20)8-13(14)15/h2-9,17H,1H3. The Labute approximate surface area is 139 Å². The minimum absolute atomic E-state index is 0.0735. The van der Waals surface area contributed by atoms with Gasteiger partial charge in [0.05, 0.1) is 4.92 Å². The maximum atomic E-state index is 10.7. The van der Waals surface area contributed by atoms with Gasteiger partial charge >= 0.3 is 0 Å². The van der Waals surface area contributed by atoms with Gasteiger partial charge in [-0.05, 0) is 69.2 Å². The molecule has 0 aliphatic heterocycles. The van der Waals surface area contributed by atoms with E-state index in [0.717, 1.165) is 11.3 Å². The second-order valence-corrected chi connectivity index (χ2v) is 6.44. The summed E-state index contributed by atoms with van der Waals surface area (Å²) < 4.78 is 1.87. The van der Waals surface area contributed by atoms with E-state index in [-0.39, 0.29) is 11.7 Å². The summed E-state index contributed by atoms with van der Waals surface area (Å²) in [7, 11) is 0. The highest BCUT2D eigenvalue weighted by Crippen LogP contribution is 2.30. The predicted octanol–water partition coefficient (Wildman–Crippen LogP) is 5.14. The van der Waals surface area contributed by atoms with Crippen molar-refractivity contribution in [1.82, 2.24) is 0 Å². The Morgan fingerprint density at radius 3 is 2.45 bits per heavy atom. The Bertz CT molecular complexity index is 632. The van der Waals surface area contributed by atoms with Gasteiger partial charge in [0.25, 0.3) is 5.69 Å².